The highest BCUT2D eigenvalue weighted by molar-refractivity contribution is 7.99. The maximum absolute atomic E-state index is 3.44. The van der Waals surface area contributed by atoms with Crippen LogP contribution in [0.2, 0.25) is 0 Å². The topological polar surface area (TPSA) is 15.3 Å². The number of hydrogen-bond acceptors (Lipinski definition) is 3. The van der Waals surface area contributed by atoms with Crippen molar-refractivity contribution in [3.8, 4) is 0 Å². The second-order valence-electron chi connectivity index (χ2n) is 5.22. The molecule has 0 bridgehead atoms. The third-order valence-electron chi connectivity index (χ3n) is 3.55. The maximum Gasteiger partial charge on any atom is 0.0205 e. The SMILES string of the molecule is CCCNCc1ccc(SCCN2CCCC2)cc1. The molecule has 2 nitrogen and oxygen atoms in total. The van der Waals surface area contributed by atoms with Crippen LogP contribution in [0.25, 0.3) is 0 Å². The van der Waals surface area contributed by atoms with Crippen LogP contribution in [0.15, 0.2) is 29.2 Å². The largest absolute Gasteiger partial charge is 0.313 e. The quantitative estimate of drug-likeness (QED) is 0.580. The van der Waals surface area contributed by atoms with Crippen LogP contribution in [0.3, 0.4) is 0 Å². The van der Waals surface area contributed by atoms with E-state index in [1.165, 1.54) is 55.1 Å². The fourth-order valence-corrected chi connectivity index (χ4v) is 3.33. The van der Waals surface area contributed by atoms with Crippen LogP contribution in [-0.2, 0) is 6.54 Å². The summed E-state index contributed by atoms with van der Waals surface area (Å²) in [5.41, 5.74) is 1.39. The third-order valence-corrected chi connectivity index (χ3v) is 4.55. The van der Waals surface area contributed by atoms with Crippen LogP contribution < -0.4 is 5.32 Å². The average molecular weight is 278 g/mol. The van der Waals surface area contributed by atoms with Gasteiger partial charge in [-0.15, -0.1) is 11.8 Å². The summed E-state index contributed by atoms with van der Waals surface area (Å²) in [6.07, 6.45) is 3.98. The molecule has 0 saturated carbocycles. The highest BCUT2D eigenvalue weighted by Crippen LogP contribution is 2.19. The number of rotatable bonds is 8. The van der Waals surface area contributed by atoms with E-state index in [1.54, 1.807) is 0 Å². The molecule has 1 fully saturated rings. The van der Waals surface area contributed by atoms with E-state index in [1.807, 2.05) is 11.8 Å². The van der Waals surface area contributed by atoms with Crippen molar-refractivity contribution in [2.45, 2.75) is 37.6 Å². The maximum atomic E-state index is 3.44. The third kappa shape index (κ3) is 5.55. The number of thioether (sulfide) groups is 1. The molecule has 1 heterocycles. The van der Waals surface area contributed by atoms with Crippen LogP contribution in [0.5, 0.6) is 0 Å². The number of likely N-dealkylation sites (tertiary alicyclic amines) is 1. The van der Waals surface area contributed by atoms with E-state index >= 15 is 0 Å². The molecule has 3 heteroatoms. The number of nitrogens with zero attached hydrogens (tertiary/aromatic N) is 1. The van der Waals surface area contributed by atoms with Crippen LogP contribution in [-0.4, -0.2) is 36.8 Å². The summed E-state index contributed by atoms with van der Waals surface area (Å²) >= 11 is 1.98. The predicted molar refractivity (Wildman–Crippen MR) is 84.8 cm³/mol. The van der Waals surface area contributed by atoms with Gasteiger partial charge in [-0.05, 0) is 56.6 Å². The summed E-state index contributed by atoms with van der Waals surface area (Å²) in [6, 6.07) is 9.02. The van der Waals surface area contributed by atoms with Crippen molar-refractivity contribution in [1.82, 2.24) is 10.2 Å². The first kappa shape index (κ1) is 14.9. The molecule has 0 unspecified atom stereocenters. The monoisotopic (exact) mass is 278 g/mol. The average Bonchev–Trinajstić information content (AvgIpc) is 2.94. The van der Waals surface area contributed by atoms with E-state index in [0.717, 1.165) is 13.1 Å². The van der Waals surface area contributed by atoms with Gasteiger partial charge in [0.1, 0.15) is 0 Å². The van der Waals surface area contributed by atoms with E-state index in [0.29, 0.717) is 0 Å². The highest BCUT2D eigenvalue weighted by atomic mass is 32.2. The normalized spacial score (nSPS) is 16.1. The smallest absolute Gasteiger partial charge is 0.0205 e. The molecule has 1 saturated heterocycles. The lowest BCUT2D eigenvalue weighted by atomic mass is 10.2. The summed E-state index contributed by atoms with van der Waals surface area (Å²) < 4.78 is 0. The van der Waals surface area contributed by atoms with E-state index in [4.69, 9.17) is 0 Å². The minimum absolute atomic E-state index is 0.993. The molecule has 19 heavy (non-hydrogen) atoms. The molecule has 106 valence electrons. The molecule has 0 amide bonds. The lowest BCUT2D eigenvalue weighted by Crippen LogP contribution is -2.21. The van der Waals surface area contributed by atoms with Gasteiger partial charge in [-0.2, -0.15) is 0 Å². The molecule has 0 atom stereocenters. The molecule has 1 aliphatic rings. The Labute approximate surface area is 122 Å². The zero-order valence-electron chi connectivity index (χ0n) is 12.0. The van der Waals surface area contributed by atoms with Gasteiger partial charge in [0.2, 0.25) is 0 Å². The van der Waals surface area contributed by atoms with E-state index in [9.17, 15) is 0 Å². The molecule has 1 N–H and O–H groups in total. The summed E-state index contributed by atoms with van der Waals surface area (Å²) in [5, 5.41) is 3.44. The van der Waals surface area contributed by atoms with Crippen LogP contribution in [0, 0.1) is 0 Å². The lowest BCUT2D eigenvalue weighted by molar-refractivity contribution is 0.362. The van der Waals surface area contributed by atoms with Crippen LogP contribution in [0.4, 0.5) is 0 Å². The Morgan fingerprint density at radius 1 is 1.16 bits per heavy atom. The Bertz CT molecular complexity index is 344. The molecule has 1 aliphatic heterocycles. The van der Waals surface area contributed by atoms with Crippen molar-refractivity contribution in [2.24, 2.45) is 0 Å². The van der Waals surface area contributed by atoms with E-state index in [-0.39, 0.29) is 0 Å². The Hall–Kier alpha value is -0.510. The van der Waals surface area contributed by atoms with Gasteiger partial charge in [0.15, 0.2) is 0 Å². The number of benzene rings is 1. The molecule has 1 aromatic rings. The van der Waals surface area contributed by atoms with Crippen molar-refractivity contribution in [1.29, 1.82) is 0 Å². The van der Waals surface area contributed by atoms with Gasteiger partial charge in [-0.3, -0.25) is 0 Å². The standard InChI is InChI=1S/C16H26N2S/c1-2-9-17-14-15-5-7-16(8-6-15)19-13-12-18-10-3-4-11-18/h5-8,17H,2-4,9-14H2,1H3. The summed E-state index contributed by atoms with van der Waals surface area (Å²) in [4.78, 5) is 3.98. The molecular weight excluding hydrogens is 252 g/mol. The predicted octanol–water partition coefficient (Wildman–Crippen LogP) is 3.37. The number of nitrogens with one attached hydrogen (secondary N) is 1. The van der Waals surface area contributed by atoms with E-state index < -0.39 is 0 Å². The van der Waals surface area contributed by atoms with Crippen molar-refractivity contribution >= 4 is 11.8 Å². The van der Waals surface area contributed by atoms with E-state index in [2.05, 4.69) is 41.4 Å². The molecule has 0 aliphatic carbocycles. The van der Waals surface area contributed by atoms with Crippen molar-refractivity contribution in [2.75, 3.05) is 31.9 Å². The molecule has 0 spiro atoms. The summed E-state index contributed by atoms with van der Waals surface area (Å²) in [5.74, 6) is 1.22. The van der Waals surface area contributed by atoms with Gasteiger partial charge in [0.05, 0.1) is 0 Å². The lowest BCUT2D eigenvalue weighted by Gasteiger charge is -2.13. The van der Waals surface area contributed by atoms with Gasteiger partial charge in [-0.1, -0.05) is 19.1 Å². The summed E-state index contributed by atoms with van der Waals surface area (Å²) in [6.45, 7) is 8.15. The second kappa shape index (κ2) is 8.62. The molecule has 2 rings (SSSR count). The molecule has 0 aromatic heterocycles. The van der Waals surface area contributed by atoms with Gasteiger partial charge in [0.25, 0.3) is 0 Å². The summed E-state index contributed by atoms with van der Waals surface area (Å²) in [7, 11) is 0. The first-order valence-electron chi connectivity index (χ1n) is 7.53. The Morgan fingerprint density at radius 2 is 1.89 bits per heavy atom. The fourth-order valence-electron chi connectivity index (χ4n) is 2.41. The minimum atomic E-state index is 0.993. The Morgan fingerprint density at radius 3 is 2.58 bits per heavy atom. The zero-order chi connectivity index (χ0) is 13.3. The van der Waals surface area contributed by atoms with Gasteiger partial charge >= 0.3 is 0 Å². The molecule has 0 radical (unpaired) electrons. The zero-order valence-corrected chi connectivity index (χ0v) is 12.8. The number of hydrogen-bond donors (Lipinski definition) is 1. The first-order valence-corrected chi connectivity index (χ1v) is 8.52. The fraction of sp³-hybridized carbons (Fsp3) is 0.625. The van der Waals surface area contributed by atoms with Crippen LogP contribution in [0.1, 0.15) is 31.7 Å². The second-order valence-corrected chi connectivity index (χ2v) is 6.39. The Balaban J connectivity index is 1.66. The van der Waals surface area contributed by atoms with Crippen molar-refractivity contribution < 1.29 is 0 Å². The van der Waals surface area contributed by atoms with Crippen molar-refractivity contribution in [3.63, 3.8) is 0 Å². The van der Waals surface area contributed by atoms with Gasteiger partial charge < -0.3 is 10.2 Å². The molecule has 1 aromatic carbocycles. The minimum Gasteiger partial charge on any atom is -0.313 e. The van der Waals surface area contributed by atoms with Gasteiger partial charge in [0, 0.05) is 23.7 Å². The van der Waals surface area contributed by atoms with Crippen LogP contribution >= 0.6 is 11.8 Å². The first-order chi connectivity index (χ1) is 9.38. The Kier molecular flexibility index (Phi) is 6.75. The van der Waals surface area contributed by atoms with Crippen molar-refractivity contribution in [3.05, 3.63) is 29.8 Å². The molecular formula is C16H26N2S. The highest BCUT2D eigenvalue weighted by Gasteiger charge is 2.10. The van der Waals surface area contributed by atoms with Gasteiger partial charge in [-0.25, -0.2) is 0 Å².